The van der Waals surface area contributed by atoms with Crippen LogP contribution in [0, 0.1) is 13.8 Å². The lowest BCUT2D eigenvalue weighted by Crippen LogP contribution is -2.17. The summed E-state index contributed by atoms with van der Waals surface area (Å²) in [5, 5.41) is 11.6. The standard InChI is InChI=1S/C16H23N5OS/c1-4-5-9-14-19-20-16(21(14)17)23-10-15(22)18-13-8-6-7-11(2)12(13)3/h6-8H,4-5,9-10,17H2,1-3H3,(H,18,22). The second-order valence-electron chi connectivity index (χ2n) is 5.46. The number of aromatic nitrogens is 3. The topological polar surface area (TPSA) is 85.8 Å². The summed E-state index contributed by atoms with van der Waals surface area (Å²) in [6.07, 6.45) is 2.90. The van der Waals surface area contributed by atoms with E-state index >= 15 is 0 Å². The number of thioether (sulfide) groups is 1. The number of unbranched alkanes of at least 4 members (excludes halogenated alkanes) is 1. The molecule has 0 spiro atoms. The number of hydrogen-bond donors (Lipinski definition) is 2. The van der Waals surface area contributed by atoms with Gasteiger partial charge in [-0.05, 0) is 37.5 Å². The molecule has 2 rings (SSSR count). The van der Waals surface area contributed by atoms with E-state index in [1.807, 2.05) is 32.0 Å². The fourth-order valence-electron chi connectivity index (χ4n) is 2.11. The van der Waals surface area contributed by atoms with Crippen molar-refractivity contribution in [2.75, 3.05) is 16.9 Å². The Balaban J connectivity index is 1.92. The third-order valence-electron chi connectivity index (χ3n) is 3.70. The second kappa shape index (κ2) is 8.01. The highest BCUT2D eigenvalue weighted by Gasteiger charge is 2.12. The monoisotopic (exact) mass is 333 g/mol. The van der Waals surface area contributed by atoms with Crippen LogP contribution in [0.5, 0.6) is 0 Å². The molecule has 3 N–H and O–H groups in total. The molecule has 1 amide bonds. The largest absolute Gasteiger partial charge is 0.336 e. The van der Waals surface area contributed by atoms with E-state index in [9.17, 15) is 4.79 Å². The number of nitrogens with one attached hydrogen (secondary N) is 1. The molecule has 0 radical (unpaired) electrons. The first-order valence-corrected chi connectivity index (χ1v) is 8.69. The van der Waals surface area contributed by atoms with Gasteiger partial charge in [0.15, 0.2) is 5.82 Å². The molecule has 124 valence electrons. The summed E-state index contributed by atoms with van der Waals surface area (Å²) in [5.74, 6) is 6.88. The number of anilines is 1. The lowest BCUT2D eigenvalue weighted by atomic mass is 10.1. The van der Waals surface area contributed by atoms with E-state index in [1.165, 1.54) is 16.4 Å². The fraction of sp³-hybridized carbons (Fsp3) is 0.438. The van der Waals surface area contributed by atoms with E-state index in [4.69, 9.17) is 5.84 Å². The van der Waals surface area contributed by atoms with Gasteiger partial charge in [-0.2, -0.15) is 0 Å². The number of aryl methyl sites for hydroxylation is 2. The number of nitrogens with zero attached hydrogens (tertiary/aromatic N) is 3. The lowest BCUT2D eigenvalue weighted by molar-refractivity contribution is -0.113. The van der Waals surface area contributed by atoms with Crippen molar-refractivity contribution in [3.05, 3.63) is 35.2 Å². The molecule has 0 aliphatic rings. The molecule has 1 aromatic carbocycles. The van der Waals surface area contributed by atoms with Crippen LogP contribution in [0.3, 0.4) is 0 Å². The summed E-state index contributed by atoms with van der Waals surface area (Å²) in [7, 11) is 0. The zero-order chi connectivity index (χ0) is 16.8. The highest BCUT2D eigenvalue weighted by molar-refractivity contribution is 7.99. The molecule has 0 unspecified atom stereocenters. The predicted molar refractivity (Wildman–Crippen MR) is 94.1 cm³/mol. The lowest BCUT2D eigenvalue weighted by Gasteiger charge is -2.10. The molecule has 0 saturated heterocycles. The quantitative estimate of drug-likeness (QED) is 0.601. The van der Waals surface area contributed by atoms with Crippen LogP contribution >= 0.6 is 11.8 Å². The van der Waals surface area contributed by atoms with Gasteiger partial charge in [-0.1, -0.05) is 37.2 Å². The average Bonchev–Trinajstić information content (AvgIpc) is 2.88. The molecular weight excluding hydrogens is 310 g/mol. The molecule has 1 aromatic heterocycles. The first kappa shape index (κ1) is 17.3. The number of nitrogens with two attached hydrogens (primary N) is 1. The van der Waals surface area contributed by atoms with Crippen molar-refractivity contribution in [1.29, 1.82) is 0 Å². The van der Waals surface area contributed by atoms with Gasteiger partial charge >= 0.3 is 0 Å². The van der Waals surface area contributed by atoms with E-state index < -0.39 is 0 Å². The summed E-state index contributed by atoms with van der Waals surface area (Å²) in [6, 6.07) is 5.86. The number of benzene rings is 1. The molecule has 1 heterocycles. The summed E-state index contributed by atoms with van der Waals surface area (Å²) in [4.78, 5) is 12.1. The van der Waals surface area contributed by atoms with Gasteiger partial charge in [0.05, 0.1) is 5.75 Å². The van der Waals surface area contributed by atoms with Crippen LogP contribution < -0.4 is 11.2 Å². The fourth-order valence-corrected chi connectivity index (χ4v) is 2.79. The highest BCUT2D eigenvalue weighted by atomic mass is 32.2. The van der Waals surface area contributed by atoms with Gasteiger partial charge in [-0.25, -0.2) is 4.68 Å². The Morgan fingerprint density at radius 3 is 2.87 bits per heavy atom. The summed E-state index contributed by atoms with van der Waals surface area (Å²) < 4.78 is 1.48. The summed E-state index contributed by atoms with van der Waals surface area (Å²) >= 11 is 1.29. The Morgan fingerprint density at radius 2 is 2.13 bits per heavy atom. The number of carbonyl (C=O) groups is 1. The van der Waals surface area contributed by atoms with Gasteiger partial charge in [-0.15, -0.1) is 10.2 Å². The molecule has 2 aromatic rings. The van der Waals surface area contributed by atoms with Gasteiger partial charge in [0.2, 0.25) is 11.1 Å². The predicted octanol–water partition coefficient (Wildman–Crippen LogP) is 2.68. The Labute approximate surface area is 140 Å². The first-order chi connectivity index (χ1) is 11.0. The number of amides is 1. The zero-order valence-electron chi connectivity index (χ0n) is 13.8. The van der Waals surface area contributed by atoms with Crippen molar-refractivity contribution < 1.29 is 4.79 Å². The SMILES string of the molecule is CCCCc1nnc(SCC(=O)Nc2cccc(C)c2C)n1N. The summed E-state index contributed by atoms with van der Waals surface area (Å²) in [6.45, 7) is 6.13. The molecule has 0 fully saturated rings. The normalized spacial score (nSPS) is 10.7. The molecule has 0 bridgehead atoms. The summed E-state index contributed by atoms with van der Waals surface area (Å²) in [5.41, 5.74) is 3.07. The number of hydrogen-bond acceptors (Lipinski definition) is 5. The zero-order valence-corrected chi connectivity index (χ0v) is 14.6. The van der Waals surface area contributed by atoms with Crippen LogP contribution in [0.1, 0.15) is 36.7 Å². The molecule has 0 aliphatic heterocycles. The van der Waals surface area contributed by atoms with E-state index in [0.717, 1.165) is 41.9 Å². The Morgan fingerprint density at radius 1 is 1.35 bits per heavy atom. The van der Waals surface area contributed by atoms with Crippen LogP contribution in [0.4, 0.5) is 5.69 Å². The van der Waals surface area contributed by atoms with E-state index in [1.54, 1.807) is 0 Å². The van der Waals surface area contributed by atoms with Gasteiger partial charge < -0.3 is 11.2 Å². The van der Waals surface area contributed by atoms with Crippen LogP contribution in [-0.4, -0.2) is 26.5 Å². The minimum absolute atomic E-state index is 0.0817. The maximum absolute atomic E-state index is 12.1. The van der Waals surface area contributed by atoms with Crippen LogP contribution in [0.15, 0.2) is 23.4 Å². The number of nitrogen functional groups attached to an aromatic ring is 1. The van der Waals surface area contributed by atoms with Gasteiger partial charge in [0.25, 0.3) is 0 Å². The molecule has 0 saturated carbocycles. The molecule has 23 heavy (non-hydrogen) atoms. The highest BCUT2D eigenvalue weighted by Crippen LogP contribution is 2.20. The van der Waals surface area contributed by atoms with Gasteiger partial charge in [-0.3, -0.25) is 4.79 Å². The minimum Gasteiger partial charge on any atom is -0.336 e. The average molecular weight is 333 g/mol. The van der Waals surface area contributed by atoms with Gasteiger partial charge in [0, 0.05) is 12.1 Å². The first-order valence-electron chi connectivity index (χ1n) is 7.71. The Bertz CT molecular complexity index is 683. The van der Waals surface area contributed by atoms with Crippen LogP contribution in [0.2, 0.25) is 0 Å². The van der Waals surface area contributed by atoms with Crippen molar-refractivity contribution in [3.8, 4) is 0 Å². The Kier molecular flexibility index (Phi) is 6.04. The second-order valence-corrected chi connectivity index (χ2v) is 6.40. The van der Waals surface area contributed by atoms with Gasteiger partial charge in [0.1, 0.15) is 0 Å². The van der Waals surface area contributed by atoms with Crippen molar-refractivity contribution >= 4 is 23.4 Å². The van der Waals surface area contributed by atoms with Crippen LogP contribution in [0.25, 0.3) is 0 Å². The third-order valence-corrected chi connectivity index (χ3v) is 4.64. The Hall–Kier alpha value is -2.02. The van der Waals surface area contributed by atoms with Crippen molar-refractivity contribution in [2.45, 2.75) is 45.2 Å². The molecule has 6 nitrogen and oxygen atoms in total. The minimum atomic E-state index is -0.0817. The maximum Gasteiger partial charge on any atom is 0.234 e. The van der Waals surface area contributed by atoms with Crippen LogP contribution in [-0.2, 0) is 11.2 Å². The molecule has 7 heteroatoms. The third kappa shape index (κ3) is 4.48. The van der Waals surface area contributed by atoms with Crippen molar-refractivity contribution in [1.82, 2.24) is 14.9 Å². The molecular formula is C16H23N5OS. The van der Waals surface area contributed by atoms with E-state index in [-0.39, 0.29) is 11.7 Å². The van der Waals surface area contributed by atoms with Crippen molar-refractivity contribution in [3.63, 3.8) is 0 Å². The van der Waals surface area contributed by atoms with Crippen molar-refractivity contribution in [2.24, 2.45) is 0 Å². The maximum atomic E-state index is 12.1. The smallest absolute Gasteiger partial charge is 0.234 e. The van der Waals surface area contributed by atoms with E-state index in [0.29, 0.717) is 5.16 Å². The molecule has 0 aliphatic carbocycles. The number of rotatable bonds is 7. The van der Waals surface area contributed by atoms with E-state index in [2.05, 4.69) is 22.4 Å². The number of carbonyl (C=O) groups excluding carboxylic acids is 1. The molecule has 0 atom stereocenters.